The van der Waals surface area contributed by atoms with Crippen LogP contribution in [0.25, 0.3) is 16.9 Å². The first-order valence-corrected chi connectivity index (χ1v) is 6.13. The van der Waals surface area contributed by atoms with E-state index in [0.29, 0.717) is 6.54 Å². The lowest BCUT2D eigenvalue weighted by Crippen LogP contribution is -2.02. The molecule has 0 atom stereocenters. The first-order chi connectivity index (χ1) is 9.20. The molecule has 0 aliphatic rings. The van der Waals surface area contributed by atoms with Crippen molar-refractivity contribution in [2.75, 3.05) is 0 Å². The summed E-state index contributed by atoms with van der Waals surface area (Å²) in [5, 5.41) is 0. The number of halogens is 1. The van der Waals surface area contributed by atoms with E-state index in [0.717, 1.165) is 28.2 Å². The largest absolute Gasteiger partial charge is 0.325 e. The van der Waals surface area contributed by atoms with Gasteiger partial charge in [-0.2, -0.15) is 0 Å². The number of hydrogen-bond acceptors (Lipinski definition) is 2. The molecular formula is C15H14FN3. The van der Waals surface area contributed by atoms with Crippen LogP contribution in [-0.2, 0) is 6.54 Å². The van der Waals surface area contributed by atoms with Gasteiger partial charge in [0.25, 0.3) is 0 Å². The fourth-order valence-corrected chi connectivity index (χ4v) is 2.29. The van der Waals surface area contributed by atoms with Crippen molar-refractivity contribution in [3.05, 3.63) is 59.7 Å². The van der Waals surface area contributed by atoms with Crippen molar-refractivity contribution in [2.45, 2.75) is 13.5 Å². The third kappa shape index (κ3) is 1.90. The van der Waals surface area contributed by atoms with Gasteiger partial charge in [0.15, 0.2) is 0 Å². The molecule has 0 saturated carbocycles. The Morgan fingerprint density at radius 3 is 2.63 bits per heavy atom. The number of benzene rings is 1. The molecule has 0 fully saturated rings. The number of pyridine rings is 1. The van der Waals surface area contributed by atoms with E-state index in [1.807, 2.05) is 29.7 Å². The Hall–Kier alpha value is -2.20. The fourth-order valence-electron chi connectivity index (χ4n) is 2.29. The maximum Gasteiger partial charge on any atom is 0.140 e. The third-order valence-electron chi connectivity index (χ3n) is 3.26. The maximum absolute atomic E-state index is 13.0. The van der Waals surface area contributed by atoms with Crippen LogP contribution in [0.3, 0.4) is 0 Å². The van der Waals surface area contributed by atoms with E-state index in [-0.39, 0.29) is 5.82 Å². The molecule has 0 aliphatic carbocycles. The minimum atomic E-state index is -0.252. The molecule has 0 aliphatic heterocycles. The van der Waals surface area contributed by atoms with E-state index >= 15 is 0 Å². The molecule has 0 amide bonds. The quantitative estimate of drug-likeness (QED) is 0.765. The highest BCUT2D eigenvalue weighted by atomic mass is 19.1. The highest BCUT2D eigenvalue weighted by Crippen LogP contribution is 2.25. The zero-order valence-corrected chi connectivity index (χ0v) is 10.6. The van der Waals surface area contributed by atoms with Gasteiger partial charge in [-0.05, 0) is 42.8 Å². The lowest BCUT2D eigenvalue weighted by Gasteiger charge is -2.02. The Kier molecular flexibility index (Phi) is 2.80. The van der Waals surface area contributed by atoms with Crippen LogP contribution in [0.2, 0.25) is 0 Å². The highest BCUT2D eigenvalue weighted by Gasteiger charge is 2.13. The smallest absolute Gasteiger partial charge is 0.140 e. The van der Waals surface area contributed by atoms with E-state index in [4.69, 9.17) is 5.73 Å². The van der Waals surface area contributed by atoms with Crippen molar-refractivity contribution in [3.8, 4) is 11.3 Å². The van der Waals surface area contributed by atoms with Gasteiger partial charge in [-0.1, -0.05) is 6.07 Å². The van der Waals surface area contributed by atoms with Gasteiger partial charge < -0.3 is 10.1 Å². The second kappa shape index (κ2) is 4.48. The van der Waals surface area contributed by atoms with Gasteiger partial charge in [-0.15, -0.1) is 0 Å². The van der Waals surface area contributed by atoms with Crippen molar-refractivity contribution in [1.29, 1.82) is 0 Å². The van der Waals surface area contributed by atoms with Crippen LogP contribution in [0.4, 0.5) is 4.39 Å². The summed E-state index contributed by atoms with van der Waals surface area (Å²) in [6, 6.07) is 10.3. The summed E-state index contributed by atoms with van der Waals surface area (Å²) < 4.78 is 15.0. The summed E-state index contributed by atoms with van der Waals surface area (Å²) in [7, 11) is 0. The van der Waals surface area contributed by atoms with Gasteiger partial charge in [-0.3, -0.25) is 0 Å². The zero-order valence-electron chi connectivity index (χ0n) is 10.6. The second-order valence-electron chi connectivity index (χ2n) is 4.50. The molecule has 0 unspecified atom stereocenters. The van der Waals surface area contributed by atoms with E-state index < -0.39 is 0 Å². The van der Waals surface area contributed by atoms with E-state index in [9.17, 15) is 4.39 Å². The summed E-state index contributed by atoms with van der Waals surface area (Å²) >= 11 is 0. The number of aryl methyl sites for hydroxylation is 1. The molecule has 3 rings (SSSR count). The predicted molar refractivity (Wildman–Crippen MR) is 73.2 cm³/mol. The van der Waals surface area contributed by atoms with Gasteiger partial charge >= 0.3 is 0 Å². The predicted octanol–water partition coefficient (Wildman–Crippen LogP) is 2.91. The molecule has 19 heavy (non-hydrogen) atoms. The van der Waals surface area contributed by atoms with Crippen molar-refractivity contribution in [1.82, 2.24) is 9.38 Å². The molecule has 1 aromatic carbocycles. The lowest BCUT2D eigenvalue weighted by atomic mass is 10.1. The number of rotatable bonds is 2. The van der Waals surface area contributed by atoms with Crippen molar-refractivity contribution < 1.29 is 4.39 Å². The van der Waals surface area contributed by atoms with E-state index in [1.165, 1.54) is 12.1 Å². The molecular weight excluding hydrogens is 241 g/mol. The topological polar surface area (TPSA) is 43.3 Å². The monoisotopic (exact) mass is 255 g/mol. The SMILES string of the molecule is Cc1cccn2c(CN)c(-c3ccc(F)cc3)nc12. The van der Waals surface area contributed by atoms with Crippen LogP contribution >= 0.6 is 0 Å². The molecule has 96 valence electrons. The molecule has 0 bridgehead atoms. The van der Waals surface area contributed by atoms with Crippen LogP contribution in [-0.4, -0.2) is 9.38 Å². The number of nitrogens with two attached hydrogens (primary N) is 1. The average molecular weight is 255 g/mol. The fraction of sp³-hybridized carbons (Fsp3) is 0.133. The molecule has 3 nitrogen and oxygen atoms in total. The molecule has 0 saturated heterocycles. The Bertz CT molecular complexity index is 729. The number of hydrogen-bond donors (Lipinski definition) is 1. The summed E-state index contributed by atoms with van der Waals surface area (Å²) in [6.07, 6.45) is 1.95. The first-order valence-electron chi connectivity index (χ1n) is 6.13. The standard InChI is InChI=1S/C15H14FN3/c1-10-3-2-8-19-13(9-17)14(18-15(10)19)11-4-6-12(16)7-5-11/h2-8H,9,17H2,1H3. The Balaban J connectivity index is 2.29. The van der Waals surface area contributed by atoms with Gasteiger partial charge in [0.2, 0.25) is 0 Å². The van der Waals surface area contributed by atoms with E-state index in [2.05, 4.69) is 4.98 Å². The Morgan fingerprint density at radius 2 is 1.95 bits per heavy atom. The Labute approximate surface area is 110 Å². The minimum absolute atomic E-state index is 0.252. The lowest BCUT2D eigenvalue weighted by molar-refractivity contribution is 0.628. The van der Waals surface area contributed by atoms with Crippen molar-refractivity contribution in [2.24, 2.45) is 5.73 Å². The molecule has 3 aromatic rings. The molecule has 2 aromatic heterocycles. The van der Waals surface area contributed by atoms with Crippen LogP contribution in [0.5, 0.6) is 0 Å². The summed E-state index contributed by atoms with van der Waals surface area (Å²) in [5.74, 6) is -0.252. The number of nitrogens with zero attached hydrogens (tertiary/aromatic N) is 2. The molecule has 2 N–H and O–H groups in total. The summed E-state index contributed by atoms with van der Waals surface area (Å²) in [5.41, 5.74) is 10.5. The van der Waals surface area contributed by atoms with E-state index in [1.54, 1.807) is 12.1 Å². The van der Waals surface area contributed by atoms with Crippen LogP contribution in [0, 0.1) is 12.7 Å². The van der Waals surface area contributed by atoms with Crippen molar-refractivity contribution >= 4 is 5.65 Å². The van der Waals surface area contributed by atoms with Gasteiger partial charge in [0.1, 0.15) is 11.5 Å². The Morgan fingerprint density at radius 1 is 1.21 bits per heavy atom. The number of fused-ring (bicyclic) bond motifs is 1. The molecule has 4 heteroatoms. The first kappa shape index (κ1) is 11.9. The van der Waals surface area contributed by atoms with Crippen LogP contribution in [0.1, 0.15) is 11.3 Å². The van der Waals surface area contributed by atoms with Gasteiger partial charge in [0.05, 0.1) is 11.4 Å². The molecule has 0 spiro atoms. The summed E-state index contributed by atoms with van der Waals surface area (Å²) in [6.45, 7) is 2.40. The molecule has 0 radical (unpaired) electrons. The highest BCUT2D eigenvalue weighted by molar-refractivity contribution is 5.67. The normalized spacial score (nSPS) is 11.1. The average Bonchev–Trinajstić information content (AvgIpc) is 2.79. The maximum atomic E-state index is 13.0. The second-order valence-corrected chi connectivity index (χ2v) is 4.50. The number of imidazole rings is 1. The van der Waals surface area contributed by atoms with Crippen molar-refractivity contribution in [3.63, 3.8) is 0 Å². The van der Waals surface area contributed by atoms with Crippen LogP contribution < -0.4 is 5.73 Å². The van der Waals surface area contributed by atoms with Gasteiger partial charge in [-0.25, -0.2) is 9.37 Å². The van der Waals surface area contributed by atoms with Crippen LogP contribution in [0.15, 0.2) is 42.6 Å². The summed E-state index contributed by atoms with van der Waals surface area (Å²) in [4.78, 5) is 4.64. The minimum Gasteiger partial charge on any atom is -0.325 e. The third-order valence-corrected chi connectivity index (χ3v) is 3.26. The zero-order chi connectivity index (χ0) is 13.4. The number of aromatic nitrogens is 2. The molecule has 2 heterocycles. The van der Waals surface area contributed by atoms with Gasteiger partial charge in [0, 0.05) is 18.3 Å².